The zero-order valence-corrected chi connectivity index (χ0v) is 20.1. The molecule has 0 saturated heterocycles. The van der Waals surface area contributed by atoms with Crippen molar-refractivity contribution < 1.29 is 23.8 Å². The molecule has 0 aliphatic carbocycles. The predicted octanol–water partition coefficient (Wildman–Crippen LogP) is 5.59. The summed E-state index contributed by atoms with van der Waals surface area (Å²) in [5.41, 5.74) is -0.845. The summed E-state index contributed by atoms with van der Waals surface area (Å²) in [6.45, 7) is 14.5. The second-order valence-corrected chi connectivity index (χ2v) is 8.86. The fraction of sp³-hybridized carbons (Fsp3) is 0.500. The maximum atomic E-state index is 13.4. The van der Waals surface area contributed by atoms with Gasteiger partial charge in [0.15, 0.2) is 5.41 Å². The Bertz CT molecular complexity index is 898. The fourth-order valence-electron chi connectivity index (χ4n) is 3.02. The zero-order chi connectivity index (χ0) is 23.5. The summed E-state index contributed by atoms with van der Waals surface area (Å²) in [6.07, 6.45) is -1.85. The predicted molar refractivity (Wildman–Crippen MR) is 120 cm³/mol. The molecule has 1 atom stereocenters. The van der Waals surface area contributed by atoms with Gasteiger partial charge in [-0.3, -0.25) is 4.79 Å². The SMILES string of the molecule is C=C1N(C(=O)OC(C)C)N=C(OC(C)C)C1(Cc1ccc(Cl)c(Cl)c1)C(=O)OC(C)C. The van der Waals surface area contributed by atoms with Crippen molar-refractivity contribution in [3.63, 3.8) is 0 Å². The first kappa shape index (κ1) is 25.0. The van der Waals surface area contributed by atoms with Crippen LogP contribution in [0.3, 0.4) is 0 Å². The van der Waals surface area contributed by atoms with E-state index in [2.05, 4.69) is 11.7 Å². The minimum Gasteiger partial charge on any atom is -0.476 e. The van der Waals surface area contributed by atoms with Crippen LogP contribution in [0.2, 0.25) is 10.0 Å². The molecule has 1 aromatic rings. The first-order valence-corrected chi connectivity index (χ1v) is 10.7. The molecule has 31 heavy (non-hydrogen) atoms. The number of benzene rings is 1. The van der Waals surface area contributed by atoms with Gasteiger partial charge < -0.3 is 14.2 Å². The number of halogens is 2. The van der Waals surface area contributed by atoms with Crippen LogP contribution in [0.4, 0.5) is 4.79 Å². The average Bonchev–Trinajstić information content (AvgIpc) is 2.90. The second-order valence-electron chi connectivity index (χ2n) is 8.05. The maximum Gasteiger partial charge on any atom is 0.435 e. The van der Waals surface area contributed by atoms with Crippen molar-refractivity contribution in [3.05, 3.63) is 46.1 Å². The summed E-state index contributed by atoms with van der Waals surface area (Å²) in [5.74, 6) is -0.636. The lowest BCUT2D eigenvalue weighted by Crippen LogP contribution is -2.46. The van der Waals surface area contributed by atoms with Gasteiger partial charge in [-0.15, -0.1) is 5.10 Å². The van der Waals surface area contributed by atoms with Crippen molar-refractivity contribution in [1.29, 1.82) is 0 Å². The van der Waals surface area contributed by atoms with E-state index < -0.39 is 29.7 Å². The molecule has 1 amide bonds. The smallest absolute Gasteiger partial charge is 0.435 e. The van der Waals surface area contributed by atoms with Crippen molar-refractivity contribution in [2.75, 3.05) is 0 Å². The molecule has 0 saturated carbocycles. The van der Waals surface area contributed by atoms with Crippen LogP contribution in [0.25, 0.3) is 0 Å². The van der Waals surface area contributed by atoms with Crippen molar-refractivity contribution in [2.24, 2.45) is 10.5 Å². The van der Waals surface area contributed by atoms with Gasteiger partial charge in [-0.2, -0.15) is 5.01 Å². The van der Waals surface area contributed by atoms with Crippen molar-refractivity contribution in [3.8, 4) is 0 Å². The summed E-state index contributed by atoms with van der Waals surface area (Å²) in [5, 5.41) is 5.94. The normalized spacial score (nSPS) is 18.6. The quantitative estimate of drug-likeness (QED) is 0.506. The van der Waals surface area contributed by atoms with Crippen LogP contribution >= 0.6 is 23.2 Å². The summed E-state index contributed by atoms with van der Waals surface area (Å²) >= 11 is 12.2. The van der Waals surface area contributed by atoms with Crippen LogP contribution in [-0.2, 0) is 25.4 Å². The van der Waals surface area contributed by atoms with E-state index in [1.807, 2.05) is 0 Å². The molecule has 0 radical (unpaired) electrons. The van der Waals surface area contributed by atoms with Crippen molar-refractivity contribution in [1.82, 2.24) is 5.01 Å². The first-order chi connectivity index (χ1) is 14.4. The number of rotatable bonds is 6. The van der Waals surface area contributed by atoms with Crippen molar-refractivity contribution in [2.45, 2.75) is 66.3 Å². The van der Waals surface area contributed by atoms with Gasteiger partial charge in [-0.25, -0.2) is 4.79 Å². The topological polar surface area (TPSA) is 77.4 Å². The Hall–Kier alpha value is -2.25. The number of hydrogen-bond donors (Lipinski definition) is 0. The van der Waals surface area contributed by atoms with Crippen molar-refractivity contribution >= 4 is 41.2 Å². The Morgan fingerprint density at radius 1 is 1.03 bits per heavy atom. The van der Waals surface area contributed by atoms with E-state index in [1.54, 1.807) is 59.7 Å². The van der Waals surface area contributed by atoms with Gasteiger partial charge in [0.05, 0.1) is 34.1 Å². The van der Waals surface area contributed by atoms with E-state index in [4.69, 9.17) is 37.4 Å². The molecule has 1 unspecified atom stereocenters. The van der Waals surface area contributed by atoms with E-state index >= 15 is 0 Å². The van der Waals surface area contributed by atoms with Gasteiger partial charge >= 0.3 is 12.1 Å². The van der Waals surface area contributed by atoms with Gasteiger partial charge in [0.1, 0.15) is 0 Å². The summed E-state index contributed by atoms with van der Waals surface area (Å²) in [7, 11) is 0. The number of carbonyl (C=O) groups is 2. The van der Waals surface area contributed by atoms with E-state index in [0.29, 0.717) is 15.6 Å². The maximum absolute atomic E-state index is 13.4. The summed E-state index contributed by atoms with van der Waals surface area (Å²) in [4.78, 5) is 26.1. The average molecular weight is 471 g/mol. The van der Waals surface area contributed by atoms with Crippen LogP contribution in [0, 0.1) is 5.41 Å². The molecule has 1 aromatic carbocycles. The lowest BCUT2D eigenvalue weighted by atomic mass is 9.79. The molecule has 0 spiro atoms. The minimum atomic E-state index is -1.58. The molecule has 1 aliphatic heterocycles. The molecule has 0 bridgehead atoms. The third-order valence-electron chi connectivity index (χ3n) is 4.31. The van der Waals surface area contributed by atoms with E-state index in [-0.39, 0.29) is 24.1 Å². The van der Waals surface area contributed by atoms with Crippen LogP contribution in [0.5, 0.6) is 0 Å². The lowest BCUT2D eigenvalue weighted by molar-refractivity contribution is -0.154. The Kier molecular flexibility index (Phi) is 8.00. The standard InChI is InChI=1S/C22H28Cl2N2O5/c1-12(2)29-19-22(20(27)30-13(3)4,11-16-8-9-17(23)18(24)10-16)15(7)26(25-19)21(28)31-14(5)6/h8-10,12-14H,7,11H2,1-6H3. The Morgan fingerprint density at radius 2 is 1.65 bits per heavy atom. The van der Waals surface area contributed by atoms with E-state index in [9.17, 15) is 9.59 Å². The van der Waals surface area contributed by atoms with Gasteiger partial charge in [0.2, 0.25) is 5.90 Å². The highest BCUT2D eigenvalue weighted by molar-refractivity contribution is 6.42. The second kappa shape index (κ2) is 9.92. The molecule has 170 valence electrons. The number of ether oxygens (including phenoxy) is 3. The molecule has 0 aromatic heterocycles. The van der Waals surface area contributed by atoms with E-state index in [0.717, 1.165) is 5.01 Å². The first-order valence-electron chi connectivity index (χ1n) is 9.99. The van der Waals surface area contributed by atoms with Gasteiger partial charge in [0, 0.05) is 6.42 Å². The Morgan fingerprint density at radius 3 is 2.16 bits per heavy atom. The molecule has 1 aliphatic rings. The minimum absolute atomic E-state index is 0.00456. The van der Waals surface area contributed by atoms with Gasteiger partial charge in [0.25, 0.3) is 0 Å². The summed E-state index contributed by atoms with van der Waals surface area (Å²) in [6, 6.07) is 5.00. The number of esters is 1. The molecule has 0 N–H and O–H groups in total. The molecule has 1 heterocycles. The largest absolute Gasteiger partial charge is 0.476 e. The molecule has 0 fully saturated rings. The number of hydrogen-bond acceptors (Lipinski definition) is 6. The molecule has 2 rings (SSSR count). The van der Waals surface area contributed by atoms with Crippen LogP contribution in [0.1, 0.15) is 47.1 Å². The van der Waals surface area contributed by atoms with E-state index in [1.165, 1.54) is 0 Å². The number of hydrazone groups is 1. The number of nitrogens with zero attached hydrogens (tertiary/aromatic N) is 2. The molecule has 9 heteroatoms. The fourth-order valence-corrected chi connectivity index (χ4v) is 3.34. The monoisotopic (exact) mass is 470 g/mol. The van der Waals surface area contributed by atoms with Gasteiger partial charge in [-0.05, 0) is 59.2 Å². The lowest BCUT2D eigenvalue weighted by Gasteiger charge is -2.31. The van der Waals surface area contributed by atoms with Crippen LogP contribution in [-0.4, -0.2) is 41.3 Å². The number of carbonyl (C=O) groups excluding carboxylic acids is 2. The Balaban J connectivity index is 2.61. The molecular weight excluding hydrogens is 443 g/mol. The number of amides is 1. The zero-order valence-electron chi connectivity index (χ0n) is 18.6. The van der Waals surface area contributed by atoms with Crippen LogP contribution < -0.4 is 0 Å². The highest BCUT2D eigenvalue weighted by Gasteiger charge is 2.58. The Labute approximate surface area is 192 Å². The highest BCUT2D eigenvalue weighted by Crippen LogP contribution is 2.43. The summed E-state index contributed by atoms with van der Waals surface area (Å²) < 4.78 is 16.7. The third-order valence-corrected chi connectivity index (χ3v) is 5.04. The third kappa shape index (κ3) is 5.52. The highest BCUT2D eigenvalue weighted by atomic mass is 35.5. The molecular formula is C22H28Cl2N2O5. The van der Waals surface area contributed by atoms with Crippen LogP contribution in [0.15, 0.2) is 35.6 Å². The molecule has 7 nitrogen and oxygen atoms in total. The van der Waals surface area contributed by atoms with Gasteiger partial charge in [-0.1, -0.05) is 35.8 Å².